The molecule has 5 nitrogen and oxygen atoms in total. The predicted octanol–water partition coefficient (Wildman–Crippen LogP) is 1.76. The molecule has 20 heavy (non-hydrogen) atoms. The first-order valence-electron chi connectivity index (χ1n) is 6.48. The molecule has 1 atom stereocenters. The average molecular weight is 298 g/mol. The highest BCUT2D eigenvalue weighted by molar-refractivity contribution is 6.33. The van der Waals surface area contributed by atoms with E-state index in [9.17, 15) is 9.90 Å². The van der Waals surface area contributed by atoms with Gasteiger partial charge in [0, 0.05) is 24.8 Å². The standard InChI is InChI=1S/C14H20ClN3O2/c1-14(2,20)7-18(4)11-6-10-8(5-9(11)15)12(16-3)13(19)17-10/h5-6,12,16,20H,7H2,1-4H3,(H,17,19). The van der Waals surface area contributed by atoms with Crippen LogP contribution in [0.1, 0.15) is 25.5 Å². The molecule has 2 rings (SSSR count). The summed E-state index contributed by atoms with van der Waals surface area (Å²) in [4.78, 5) is 13.7. The number of amides is 1. The highest BCUT2D eigenvalue weighted by Crippen LogP contribution is 2.38. The van der Waals surface area contributed by atoms with Crippen LogP contribution in [0, 0.1) is 0 Å². The molecule has 0 aliphatic carbocycles. The molecule has 1 heterocycles. The lowest BCUT2D eigenvalue weighted by Crippen LogP contribution is -2.36. The molecule has 1 aromatic carbocycles. The normalized spacial score (nSPS) is 17.9. The molecule has 0 aromatic heterocycles. The van der Waals surface area contributed by atoms with Crippen molar-refractivity contribution in [3.63, 3.8) is 0 Å². The van der Waals surface area contributed by atoms with Crippen LogP contribution in [0.15, 0.2) is 12.1 Å². The second-order valence-corrected chi connectivity index (χ2v) is 6.18. The zero-order valence-electron chi connectivity index (χ0n) is 12.1. The van der Waals surface area contributed by atoms with Crippen LogP contribution in [0.2, 0.25) is 5.02 Å². The smallest absolute Gasteiger partial charge is 0.246 e. The molecule has 1 unspecified atom stereocenters. The topological polar surface area (TPSA) is 64.6 Å². The van der Waals surface area contributed by atoms with Crippen molar-refractivity contribution in [1.29, 1.82) is 0 Å². The lowest BCUT2D eigenvalue weighted by Gasteiger charge is -2.28. The maximum absolute atomic E-state index is 11.8. The van der Waals surface area contributed by atoms with E-state index in [1.54, 1.807) is 27.0 Å². The van der Waals surface area contributed by atoms with Gasteiger partial charge in [0.15, 0.2) is 0 Å². The summed E-state index contributed by atoms with van der Waals surface area (Å²) < 4.78 is 0. The summed E-state index contributed by atoms with van der Waals surface area (Å²) in [6, 6.07) is 3.28. The van der Waals surface area contributed by atoms with Crippen LogP contribution in [-0.2, 0) is 4.79 Å². The van der Waals surface area contributed by atoms with Gasteiger partial charge in [0.2, 0.25) is 5.91 Å². The molecule has 1 aromatic rings. The predicted molar refractivity (Wildman–Crippen MR) is 81.5 cm³/mol. The van der Waals surface area contributed by atoms with Crippen LogP contribution in [0.5, 0.6) is 0 Å². The van der Waals surface area contributed by atoms with E-state index in [4.69, 9.17) is 11.6 Å². The SMILES string of the molecule is CNC1C(=O)Nc2cc(N(C)CC(C)(C)O)c(Cl)cc21. The van der Waals surface area contributed by atoms with Gasteiger partial charge in [-0.15, -0.1) is 0 Å². The van der Waals surface area contributed by atoms with Crippen molar-refractivity contribution >= 4 is 28.9 Å². The third kappa shape index (κ3) is 2.90. The fraction of sp³-hybridized carbons (Fsp3) is 0.500. The van der Waals surface area contributed by atoms with Gasteiger partial charge in [-0.2, -0.15) is 0 Å². The Kier molecular flexibility index (Phi) is 3.95. The first-order chi connectivity index (χ1) is 9.23. The van der Waals surface area contributed by atoms with Gasteiger partial charge in [0.05, 0.1) is 16.3 Å². The Morgan fingerprint density at radius 3 is 2.70 bits per heavy atom. The van der Waals surface area contributed by atoms with Crippen molar-refractivity contribution in [1.82, 2.24) is 5.32 Å². The maximum atomic E-state index is 11.8. The summed E-state index contributed by atoms with van der Waals surface area (Å²) in [7, 11) is 3.60. The molecular formula is C14H20ClN3O2. The van der Waals surface area contributed by atoms with Crippen molar-refractivity contribution in [2.75, 3.05) is 30.9 Å². The van der Waals surface area contributed by atoms with Crippen molar-refractivity contribution in [2.45, 2.75) is 25.5 Å². The number of benzene rings is 1. The van der Waals surface area contributed by atoms with E-state index in [0.29, 0.717) is 11.6 Å². The minimum Gasteiger partial charge on any atom is -0.389 e. The number of nitrogens with one attached hydrogen (secondary N) is 2. The third-order valence-electron chi connectivity index (χ3n) is 3.27. The van der Waals surface area contributed by atoms with E-state index in [-0.39, 0.29) is 11.9 Å². The van der Waals surface area contributed by atoms with Crippen molar-refractivity contribution in [2.24, 2.45) is 0 Å². The number of fused-ring (bicyclic) bond motifs is 1. The number of hydrogen-bond donors (Lipinski definition) is 3. The lowest BCUT2D eigenvalue weighted by atomic mass is 10.1. The van der Waals surface area contributed by atoms with Crippen molar-refractivity contribution in [3.05, 3.63) is 22.7 Å². The molecule has 0 saturated heterocycles. The summed E-state index contributed by atoms with van der Waals surface area (Å²) in [6.45, 7) is 3.92. The molecule has 0 bridgehead atoms. The molecule has 0 fully saturated rings. The molecule has 0 radical (unpaired) electrons. The van der Waals surface area contributed by atoms with E-state index in [0.717, 1.165) is 16.9 Å². The Bertz CT molecular complexity index is 540. The Morgan fingerprint density at radius 2 is 2.15 bits per heavy atom. The fourth-order valence-corrected chi connectivity index (χ4v) is 2.83. The first-order valence-corrected chi connectivity index (χ1v) is 6.86. The monoisotopic (exact) mass is 297 g/mol. The van der Waals surface area contributed by atoms with Gasteiger partial charge in [0.25, 0.3) is 0 Å². The van der Waals surface area contributed by atoms with Crippen LogP contribution < -0.4 is 15.5 Å². The zero-order chi connectivity index (χ0) is 15.1. The molecule has 3 N–H and O–H groups in total. The maximum Gasteiger partial charge on any atom is 0.246 e. The first kappa shape index (κ1) is 15.1. The van der Waals surface area contributed by atoms with Crippen LogP contribution in [-0.4, -0.2) is 37.3 Å². The number of nitrogens with zero attached hydrogens (tertiary/aromatic N) is 1. The van der Waals surface area contributed by atoms with Gasteiger partial charge in [-0.3, -0.25) is 4.79 Å². The number of halogens is 1. The third-order valence-corrected chi connectivity index (χ3v) is 3.58. The average Bonchev–Trinajstić information content (AvgIpc) is 2.60. The van der Waals surface area contributed by atoms with Gasteiger partial charge in [-0.25, -0.2) is 0 Å². The quantitative estimate of drug-likeness (QED) is 0.792. The number of rotatable bonds is 4. The fourth-order valence-electron chi connectivity index (χ4n) is 2.52. The molecule has 1 aliphatic rings. The molecule has 1 amide bonds. The minimum atomic E-state index is -0.826. The van der Waals surface area contributed by atoms with Gasteiger partial charge < -0.3 is 20.6 Å². The van der Waals surface area contributed by atoms with Gasteiger partial charge in [-0.1, -0.05) is 11.6 Å². The number of carbonyl (C=O) groups excluding carboxylic acids is 1. The molecular weight excluding hydrogens is 278 g/mol. The molecule has 110 valence electrons. The molecule has 1 aliphatic heterocycles. The summed E-state index contributed by atoms with van der Waals surface area (Å²) in [5.41, 5.74) is 1.57. The van der Waals surface area contributed by atoms with Gasteiger partial charge >= 0.3 is 0 Å². The zero-order valence-corrected chi connectivity index (χ0v) is 12.9. The highest BCUT2D eigenvalue weighted by Gasteiger charge is 2.31. The lowest BCUT2D eigenvalue weighted by molar-refractivity contribution is -0.117. The van der Waals surface area contributed by atoms with Crippen LogP contribution in [0.3, 0.4) is 0 Å². The molecule has 0 spiro atoms. The van der Waals surface area contributed by atoms with Crippen molar-refractivity contribution in [3.8, 4) is 0 Å². The van der Waals surface area contributed by atoms with Gasteiger partial charge in [0.1, 0.15) is 6.04 Å². The van der Waals surface area contributed by atoms with Crippen LogP contribution >= 0.6 is 11.6 Å². The van der Waals surface area contributed by atoms with Crippen molar-refractivity contribution < 1.29 is 9.90 Å². The van der Waals surface area contributed by atoms with E-state index in [2.05, 4.69) is 10.6 Å². The Hall–Kier alpha value is -1.30. The summed E-state index contributed by atoms with van der Waals surface area (Å²) in [5.74, 6) is -0.0825. The number of carbonyl (C=O) groups is 1. The Balaban J connectivity index is 2.35. The minimum absolute atomic E-state index is 0.0825. The van der Waals surface area contributed by atoms with E-state index >= 15 is 0 Å². The largest absolute Gasteiger partial charge is 0.389 e. The van der Waals surface area contributed by atoms with E-state index in [1.807, 2.05) is 18.0 Å². The number of anilines is 2. The van der Waals surface area contributed by atoms with E-state index < -0.39 is 5.60 Å². The number of likely N-dealkylation sites (N-methyl/N-ethyl adjacent to an activating group) is 2. The Labute approximate surface area is 123 Å². The molecule has 6 heteroatoms. The highest BCUT2D eigenvalue weighted by atomic mass is 35.5. The number of aliphatic hydroxyl groups is 1. The summed E-state index contributed by atoms with van der Waals surface area (Å²) in [6.07, 6.45) is 0. The molecule has 0 saturated carbocycles. The summed E-state index contributed by atoms with van der Waals surface area (Å²) in [5, 5.41) is 16.2. The van der Waals surface area contributed by atoms with Gasteiger partial charge in [-0.05, 0) is 33.0 Å². The second kappa shape index (κ2) is 5.24. The van der Waals surface area contributed by atoms with Crippen LogP contribution in [0.25, 0.3) is 0 Å². The number of hydrogen-bond acceptors (Lipinski definition) is 4. The van der Waals surface area contributed by atoms with Crippen LogP contribution in [0.4, 0.5) is 11.4 Å². The van der Waals surface area contributed by atoms with E-state index in [1.165, 1.54) is 0 Å². The summed E-state index contributed by atoms with van der Waals surface area (Å²) >= 11 is 6.31. The second-order valence-electron chi connectivity index (χ2n) is 5.77. The Morgan fingerprint density at radius 1 is 1.50 bits per heavy atom.